The average molecular weight is 309 g/mol. The summed E-state index contributed by atoms with van der Waals surface area (Å²) in [6.45, 7) is 8.39. The third-order valence-corrected chi connectivity index (χ3v) is 4.85. The Morgan fingerprint density at radius 2 is 2.00 bits per heavy atom. The first-order valence-electron chi connectivity index (χ1n) is 8.68. The Kier molecular flexibility index (Phi) is 5.05. The Morgan fingerprint density at radius 3 is 2.70 bits per heavy atom. The highest BCUT2D eigenvalue weighted by Gasteiger charge is 2.16. The summed E-state index contributed by atoms with van der Waals surface area (Å²) in [7, 11) is 2.21. The molecule has 0 spiro atoms. The van der Waals surface area contributed by atoms with Gasteiger partial charge in [0.25, 0.3) is 0 Å². The smallest absolute Gasteiger partial charge is 0.0930 e. The largest absolute Gasteiger partial charge is 0.334 e. The van der Waals surface area contributed by atoms with Crippen LogP contribution in [0.15, 0.2) is 24.3 Å². The lowest BCUT2D eigenvalue weighted by Gasteiger charge is -2.29. The van der Waals surface area contributed by atoms with E-state index >= 15 is 0 Å². The molecule has 0 saturated carbocycles. The topological polar surface area (TPSA) is 20.2 Å². The summed E-state index contributed by atoms with van der Waals surface area (Å²) in [5.74, 6) is 6.24. The predicted octanol–water partition coefficient (Wildman–Crippen LogP) is 3.22. The number of likely N-dealkylation sites (tertiary alicyclic amines) is 1. The lowest BCUT2D eigenvalue weighted by Crippen LogP contribution is -2.40. The number of aryl methyl sites for hydroxylation is 1. The second-order valence-corrected chi connectivity index (χ2v) is 6.50. The van der Waals surface area contributed by atoms with E-state index in [-0.39, 0.29) is 0 Å². The summed E-state index contributed by atoms with van der Waals surface area (Å²) in [4.78, 5) is 2.41. The lowest BCUT2D eigenvalue weighted by molar-refractivity contribution is 0.234. The molecule has 1 aromatic heterocycles. The number of aromatic nitrogens is 1. The van der Waals surface area contributed by atoms with Gasteiger partial charge in [0.05, 0.1) is 5.69 Å². The molecule has 0 bridgehead atoms. The van der Waals surface area contributed by atoms with Gasteiger partial charge >= 0.3 is 0 Å². The van der Waals surface area contributed by atoms with E-state index in [4.69, 9.17) is 0 Å². The van der Waals surface area contributed by atoms with Gasteiger partial charge in [0.1, 0.15) is 0 Å². The Hall–Kier alpha value is -1.76. The van der Waals surface area contributed by atoms with Gasteiger partial charge in [0.15, 0.2) is 0 Å². The summed E-state index contributed by atoms with van der Waals surface area (Å²) >= 11 is 0. The number of hydrogen-bond acceptors (Lipinski definition) is 2. The first kappa shape index (κ1) is 16.1. The van der Waals surface area contributed by atoms with Gasteiger partial charge in [-0.3, -0.25) is 0 Å². The molecule has 3 rings (SSSR count). The van der Waals surface area contributed by atoms with E-state index in [0.29, 0.717) is 6.04 Å². The van der Waals surface area contributed by atoms with E-state index in [2.05, 4.69) is 64.9 Å². The molecule has 23 heavy (non-hydrogen) atoms. The molecule has 1 N–H and O–H groups in total. The van der Waals surface area contributed by atoms with E-state index in [1.165, 1.54) is 42.4 Å². The van der Waals surface area contributed by atoms with Gasteiger partial charge in [-0.05, 0) is 76.5 Å². The number of rotatable bonds is 4. The highest BCUT2D eigenvalue weighted by Crippen LogP contribution is 2.21. The highest BCUT2D eigenvalue weighted by molar-refractivity contribution is 5.83. The second kappa shape index (κ2) is 7.21. The van der Waals surface area contributed by atoms with E-state index in [0.717, 1.165) is 18.8 Å². The minimum absolute atomic E-state index is 0.656. The van der Waals surface area contributed by atoms with Crippen LogP contribution in [-0.2, 0) is 13.1 Å². The Morgan fingerprint density at radius 1 is 1.22 bits per heavy atom. The van der Waals surface area contributed by atoms with E-state index in [1.54, 1.807) is 0 Å². The van der Waals surface area contributed by atoms with Crippen LogP contribution in [0.1, 0.15) is 37.9 Å². The Bertz CT molecular complexity index is 724. The number of benzene rings is 1. The van der Waals surface area contributed by atoms with Crippen molar-refractivity contribution in [2.24, 2.45) is 0 Å². The summed E-state index contributed by atoms with van der Waals surface area (Å²) < 4.78 is 2.29. The number of piperidine rings is 1. The standard InChI is InChI=1S/C20H27N3/c1-4-6-19-14-17-13-16(7-8-20(17)23(19)5-2)15-21-18-9-11-22(3)12-10-18/h7-8,13-14,18,21H,5,9-12,15H2,1-3H3. The second-order valence-electron chi connectivity index (χ2n) is 6.50. The van der Waals surface area contributed by atoms with Crippen LogP contribution in [0.3, 0.4) is 0 Å². The Labute approximate surface area is 139 Å². The zero-order chi connectivity index (χ0) is 16.2. The van der Waals surface area contributed by atoms with Crippen molar-refractivity contribution in [2.75, 3.05) is 20.1 Å². The van der Waals surface area contributed by atoms with Crippen LogP contribution in [0.5, 0.6) is 0 Å². The predicted molar refractivity (Wildman–Crippen MR) is 97.5 cm³/mol. The van der Waals surface area contributed by atoms with Gasteiger partial charge in [0, 0.05) is 30.0 Å². The van der Waals surface area contributed by atoms with Gasteiger partial charge in [-0.2, -0.15) is 0 Å². The third-order valence-electron chi connectivity index (χ3n) is 4.85. The fraction of sp³-hybridized carbons (Fsp3) is 0.500. The normalized spacial score (nSPS) is 16.5. The summed E-state index contributed by atoms with van der Waals surface area (Å²) in [6, 6.07) is 9.67. The molecule has 0 radical (unpaired) electrons. The van der Waals surface area contributed by atoms with Crippen LogP contribution < -0.4 is 5.32 Å². The Balaban J connectivity index is 1.73. The first-order chi connectivity index (χ1) is 11.2. The van der Waals surface area contributed by atoms with E-state index in [1.807, 2.05) is 6.92 Å². The van der Waals surface area contributed by atoms with Crippen LogP contribution in [0.2, 0.25) is 0 Å². The zero-order valence-corrected chi connectivity index (χ0v) is 14.5. The molecule has 3 nitrogen and oxygen atoms in total. The van der Waals surface area contributed by atoms with Crippen molar-refractivity contribution in [1.29, 1.82) is 0 Å². The number of nitrogens with one attached hydrogen (secondary N) is 1. The minimum Gasteiger partial charge on any atom is -0.334 e. The monoisotopic (exact) mass is 309 g/mol. The molecule has 0 atom stereocenters. The molecule has 0 amide bonds. The number of fused-ring (bicyclic) bond motifs is 1. The summed E-state index contributed by atoms with van der Waals surface area (Å²) in [6.07, 6.45) is 2.50. The van der Waals surface area contributed by atoms with E-state index < -0.39 is 0 Å². The maximum absolute atomic E-state index is 3.72. The third kappa shape index (κ3) is 3.60. The maximum Gasteiger partial charge on any atom is 0.0930 e. The molecule has 3 heteroatoms. The molecule has 1 aromatic carbocycles. The molecule has 2 heterocycles. The molecule has 2 aromatic rings. The van der Waals surface area contributed by atoms with Crippen molar-refractivity contribution in [3.63, 3.8) is 0 Å². The van der Waals surface area contributed by atoms with Crippen LogP contribution in [0.25, 0.3) is 10.9 Å². The molecule has 1 saturated heterocycles. The molecule has 1 fully saturated rings. The van der Waals surface area contributed by atoms with Crippen molar-refractivity contribution in [3.05, 3.63) is 35.5 Å². The minimum atomic E-state index is 0.656. The molecule has 122 valence electrons. The quantitative estimate of drug-likeness (QED) is 0.875. The number of hydrogen-bond donors (Lipinski definition) is 1. The van der Waals surface area contributed by atoms with Crippen molar-refractivity contribution in [2.45, 2.75) is 45.8 Å². The fourth-order valence-electron chi connectivity index (χ4n) is 3.48. The van der Waals surface area contributed by atoms with Crippen molar-refractivity contribution in [3.8, 4) is 11.8 Å². The van der Waals surface area contributed by atoms with Gasteiger partial charge in [-0.25, -0.2) is 0 Å². The van der Waals surface area contributed by atoms with Crippen LogP contribution in [0.4, 0.5) is 0 Å². The van der Waals surface area contributed by atoms with Gasteiger partial charge in [-0.15, -0.1) is 0 Å². The van der Waals surface area contributed by atoms with Gasteiger partial charge < -0.3 is 14.8 Å². The SMILES string of the molecule is CC#Cc1cc2cc(CNC3CCN(C)CC3)ccc2n1CC. The zero-order valence-electron chi connectivity index (χ0n) is 14.5. The van der Waals surface area contributed by atoms with Crippen LogP contribution in [-0.4, -0.2) is 35.6 Å². The van der Waals surface area contributed by atoms with Crippen LogP contribution >= 0.6 is 0 Å². The molecule has 0 unspecified atom stereocenters. The molecule has 1 aliphatic heterocycles. The lowest BCUT2D eigenvalue weighted by atomic mass is 10.0. The average Bonchev–Trinajstić information content (AvgIpc) is 2.91. The maximum atomic E-state index is 3.72. The molecule has 1 aliphatic rings. The van der Waals surface area contributed by atoms with Gasteiger partial charge in [-0.1, -0.05) is 12.0 Å². The van der Waals surface area contributed by atoms with Crippen molar-refractivity contribution >= 4 is 10.9 Å². The fourth-order valence-corrected chi connectivity index (χ4v) is 3.48. The van der Waals surface area contributed by atoms with E-state index in [9.17, 15) is 0 Å². The highest BCUT2D eigenvalue weighted by atomic mass is 15.1. The summed E-state index contributed by atoms with van der Waals surface area (Å²) in [5, 5.41) is 5.02. The molecular weight excluding hydrogens is 282 g/mol. The number of nitrogens with zero attached hydrogens (tertiary/aromatic N) is 2. The van der Waals surface area contributed by atoms with Gasteiger partial charge in [0.2, 0.25) is 0 Å². The van der Waals surface area contributed by atoms with Crippen molar-refractivity contribution in [1.82, 2.24) is 14.8 Å². The summed E-state index contributed by atoms with van der Waals surface area (Å²) in [5.41, 5.74) is 3.76. The van der Waals surface area contributed by atoms with Crippen LogP contribution in [0, 0.1) is 11.8 Å². The first-order valence-corrected chi connectivity index (χ1v) is 8.68. The van der Waals surface area contributed by atoms with Crippen molar-refractivity contribution < 1.29 is 0 Å². The molecule has 0 aliphatic carbocycles. The molecular formula is C20H27N3.